The zero-order valence-corrected chi connectivity index (χ0v) is 14.6. The molecule has 0 heterocycles. The van der Waals surface area contributed by atoms with Gasteiger partial charge in [0.15, 0.2) is 0 Å². The van der Waals surface area contributed by atoms with Gasteiger partial charge in [-0.3, -0.25) is 0 Å². The average molecular weight is 332 g/mol. The summed E-state index contributed by atoms with van der Waals surface area (Å²) in [5, 5.41) is 9.37. The van der Waals surface area contributed by atoms with Crippen molar-refractivity contribution in [3.05, 3.63) is 35.1 Å². The van der Waals surface area contributed by atoms with Crippen LogP contribution in [0, 0.1) is 23.6 Å². The fourth-order valence-electron chi connectivity index (χ4n) is 5.04. The Morgan fingerprint density at radius 2 is 1.62 bits per heavy atom. The molecule has 2 fully saturated rings. The summed E-state index contributed by atoms with van der Waals surface area (Å²) >= 11 is 0. The van der Waals surface area contributed by atoms with Crippen molar-refractivity contribution in [2.75, 3.05) is 0 Å². The van der Waals surface area contributed by atoms with Crippen molar-refractivity contribution in [2.45, 2.75) is 70.6 Å². The summed E-state index contributed by atoms with van der Waals surface area (Å²) in [7, 11) is 0. The van der Waals surface area contributed by atoms with Gasteiger partial charge in [-0.1, -0.05) is 26.2 Å². The van der Waals surface area contributed by atoms with Crippen molar-refractivity contribution < 1.29 is 14.3 Å². The van der Waals surface area contributed by atoms with Gasteiger partial charge >= 0.3 is 5.97 Å². The third-order valence-electron chi connectivity index (χ3n) is 6.59. The molecule has 0 bridgehead atoms. The molecule has 0 spiro atoms. The monoisotopic (exact) mass is 332 g/mol. The average Bonchev–Trinajstić information content (AvgIpc) is 2.61. The first-order chi connectivity index (χ1) is 11.6. The Labute approximate surface area is 144 Å². The Bertz CT molecular complexity index is 567. The van der Waals surface area contributed by atoms with Crippen LogP contribution in [0.2, 0.25) is 0 Å². The van der Waals surface area contributed by atoms with Crippen molar-refractivity contribution in [3.63, 3.8) is 0 Å². The molecule has 0 unspecified atom stereocenters. The highest BCUT2D eigenvalue weighted by Crippen LogP contribution is 2.44. The third-order valence-corrected chi connectivity index (χ3v) is 6.59. The summed E-state index contributed by atoms with van der Waals surface area (Å²) in [6.45, 7) is 2.30. The van der Waals surface area contributed by atoms with Gasteiger partial charge < -0.3 is 5.11 Å². The lowest BCUT2D eigenvalue weighted by Gasteiger charge is -2.38. The molecule has 2 saturated carbocycles. The Balaban J connectivity index is 1.61. The van der Waals surface area contributed by atoms with Crippen LogP contribution in [0.5, 0.6) is 0 Å². The zero-order chi connectivity index (χ0) is 17.1. The molecule has 0 saturated heterocycles. The van der Waals surface area contributed by atoms with Gasteiger partial charge in [0, 0.05) is 0 Å². The second-order valence-electron chi connectivity index (χ2n) is 7.84. The van der Waals surface area contributed by atoms with Gasteiger partial charge in [-0.05, 0) is 86.0 Å². The second-order valence-corrected chi connectivity index (χ2v) is 7.84. The highest BCUT2D eigenvalue weighted by atomic mass is 19.1. The number of carbonyl (C=O) groups is 1. The van der Waals surface area contributed by atoms with Crippen molar-refractivity contribution in [1.29, 1.82) is 0 Å². The summed E-state index contributed by atoms with van der Waals surface area (Å²) in [5.74, 6) is 1.53. The van der Waals surface area contributed by atoms with Crippen LogP contribution >= 0.6 is 0 Å². The van der Waals surface area contributed by atoms with E-state index in [9.17, 15) is 14.3 Å². The normalized spacial score (nSPS) is 30.9. The van der Waals surface area contributed by atoms with Crippen LogP contribution < -0.4 is 0 Å². The summed E-state index contributed by atoms with van der Waals surface area (Å²) < 4.78 is 13.6. The van der Waals surface area contributed by atoms with E-state index in [1.165, 1.54) is 63.1 Å². The molecule has 2 nitrogen and oxygen atoms in total. The highest BCUT2D eigenvalue weighted by molar-refractivity contribution is 5.89. The van der Waals surface area contributed by atoms with Gasteiger partial charge in [-0.25, -0.2) is 9.18 Å². The van der Waals surface area contributed by atoms with Crippen LogP contribution in [0.1, 0.15) is 86.6 Å². The summed E-state index contributed by atoms with van der Waals surface area (Å²) in [5.41, 5.74) is 0.985. The van der Waals surface area contributed by atoms with E-state index in [2.05, 4.69) is 6.92 Å². The first-order valence-electron chi connectivity index (χ1n) is 9.61. The number of rotatable bonds is 4. The van der Waals surface area contributed by atoms with E-state index in [0.29, 0.717) is 5.56 Å². The lowest BCUT2D eigenvalue weighted by Crippen LogP contribution is -2.25. The molecule has 3 rings (SSSR count). The molecule has 0 atom stereocenters. The summed E-state index contributed by atoms with van der Waals surface area (Å²) in [4.78, 5) is 11.4. The minimum absolute atomic E-state index is 0.204. The summed E-state index contributed by atoms with van der Waals surface area (Å²) in [6.07, 6.45) is 11.2. The topological polar surface area (TPSA) is 37.3 Å². The molecule has 0 aliphatic heterocycles. The van der Waals surface area contributed by atoms with Crippen LogP contribution in [0.4, 0.5) is 4.39 Å². The standard InChI is InChI=1S/C21H29FO2/c1-2-14-3-5-15(6-4-14)16-7-9-17(10-8-16)20-13-18(22)11-12-19(20)21(23)24/h11-17H,2-10H2,1H3,(H,23,24). The molecule has 1 aromatic carbocycles. The fraction of sp³-hybridized carbons (Fsp3) is 0.667. The van der Waals surface area contributed by atoms with Crippen molar-refractivity contribution in [1.82, 2.24) is 0 Å². The van der Waals surface area contributed by atoms with Gasteiger partial charge in [0.1, 0.15) is 5.82 Å². The van der Waals surface area contributed by atoms with Crippen LogP contribution in [0.3, 0.4) is 0 Å². The van der Waals surface area contributed by atoms with Crippen LogP contribution in [-0.2, 0) is 0 Å². The van der Waals surface area contributed by atoms with Crippen LogP contribution in [0.15, 0.2) is 18.2 Å². The molecule has 0 aromatic heterocycles. The molecule has 132 valence electrons. The van der Waals surface area contributed by atoms with E-state index < -0.39 is 5.97 Å². The van der Waals surface area contributed by atoms with Crippen molar-refractivity contribution in [2.24, 2.45) is 17.8 Å². The van der Waals surface area contributed by atoms with E-state index in [4.69, 9.17) is 0 Å². The Kier molecular flexibility index (Phi) is 5.57. The number of carboxylic acid groups (broad SMARTS) is 1. The Morgan fingerprint density at radius 3 is 2.17 bits per heavy atom. The van der Waals surface area contributed by atoms with Gasteiger partial charge in [-0.15, -0.1) is 0 Å². The van der Waals surface area contributed by atoms with Gasteiger partial charge in [0.2, 0.25) is 0 Å². The lowest BCUT2D eigenvalue weighted by atomic mass is 9.68. The molecule has 0 radical (unpaired) electrons. The molecule has 24 heavy (non-hydrogen) atoms. The predicted molar refractivity (Wildman–Crippen MR) is 93.8 cm³/mol. The number of carboxylic acids is 1. The van der Waals surface area contributed by atoms with Crippen LogP contribution in [0.25, 0.3) is 0 Å². The van der Waals surface area contributed by atoms with Gasteiger partial charge in [0.05, 0.1) is 5.56 Å². The minimum Gasteiger partial charge on any atom is -0.478 e. The third kappa shape index (κ3) is 3.81. The molecular formula is C21H29FO2. The van der Waals surface area contributed by atoms with Crippen LogP contribution in [-0.4, -0.2) is 11.1 Å². The first-order valence-corrected chi connectivity index (χ1v) is 9.61. The second kappa shape index (κ2) is 7.67. The molecule has 2 aliphatic carbocycles. The molecule has 2 aliphatic rings. The maximum absolute atomic E-state index is 13.6. The molecule has 3 heteroatoms. The zero-order valence-electron chi connectivity index (χ0n) is 14.6. The molecule has 1 N–H and O–H groups in total. The van der Waals surface area contributed by atoms with E-state index >= 15 is 0 Å². The number of aromatic carboxylic acids is 1. The Morgan fingerprint density at radius 1 is 1.04 bits per heavy atom. The smallest absolute Gasteiger partial charge is 0.335 e. The maximum atomic E-state index is 13.6. The van der Waals surface area contributed by atoms with Gasteiger partial charge in [-0.2, -0.15) is 0 Å². The minimum atomic E-state index is -0.940. The van der Waals surface area contributed by atoms with E-state index in [0.717, 1.165) is 30.6 Å². The number of hydrogen-bond acceptors (Lipinski definition) is 1. The highest BCUT2D eigenvalue weighted by Gasteiger charge is 2.32. The molecule has 0 amide bonds. The molecule has 1 aromatic rings. The van der Waals surface area contributed by atoms with E-state index in [1.807, 2.05) is 0 Å². The number of benzene rings is 1. The first kappa shape index (κ1) is 17.4. The van der Waals surface area contributed by atoms with Crippen molar-refractivity contribution in [3.8, 4) is 0 Å². The van der Waals surface area contributed by atoms with Gasteiger partial charge in [0.25, 0.3) is 0 Å². The number of halogens is 1. The fourth-order valence-corrected chi connectivity index (χ4v) is 5.04. The maximum Gasteiger partial charge on any atom is 0.335 e. The SMILES string of the molecule is CCC1CCC(C2CCC(c3cc(F)ccc3C(=O)O)CC2)CC1. The summed E-state index contributed by atoms with van der Waals surface area (Å²) in [6, 6.07) is 4.12. The van der Waals surface area contributed by atoms with E-state index in [-0.39, 0.29) is 17.3 Å². The largest absolute Gasteiger partial charge is 0.478 e. The number of hydrogen-bond donors (Lipinski definition) is 1. The quantitative estimate of drug-likeness (QED) is 0.732. The lowest BCUT2D eigenvalue weighted by molar-refractivity contribution is 0.0694. The van der Waals surface area contributed by atoms with Crippen molar-refractivity contribution >= 4 is 5.97 Å². The predicted octanol–water partition coefficient (Wildman–Crippen LogP) is 6.01. The Hall–Kier alpha value is -1.38. The molecular weight excluding hydrogens is 303 g/mol. The van der Waals surface area contributed by atoms with E-state index in [1.54, 1.807) is 0 Å².